The molecule has 7 nitrogen and oxygen atoms in total. The minimum atomic E-state index is -0.473. The zero-order chi connectivity index (χ0) is 22.0. The number of carbonyl (C=O) groups is 1. The van der Waals surface area contributed by atoms with Crippen LogP contribution in [0.5, 0.6) is 0 Å². The normalized spacial score (nSPS) is 11.2. The van der Waals surface area contributed by atoms with Crippen LogP contribution in [0.3, 0.4) is 0 Å². The number of nitro benzene ring substituents is 1. The number of rotatable bonds is 5. The van der Waals surface area contributed by atoms with E-state index in [4.69, 9.17) is 23.2 Å². The van der Waals surface area contributed by atoms with Gasteiger partial charge in [-0.3, -0.25) is 24.9 Å². The molecule has 31 heavy (non-hydrogen) atoms. The van der Waals surface area contributed by atoms with Gasteiger partial charge in [-0.25, -0.2) is 0 Å². The highest BCUT2D eigenvalue weighted by Gasteiger charge is 2.20. The maximum absolute atomic E-state index is 13.1. The number of hydrogen-bond donors (Lipinski definition) is 1. The molecular formula is C22H14Cl2N4O3. The number of non-ortho nitro benzene ring substituents is 1. The van der Waals surface area contributed by atoms with Gasteiger partial charge in [0, 0.05) is 33.7 Å². The third-order valence-electron chi connectivity index (χ3n) is 4.61. The first-order valence-electron chi connectivity index (χ1n) is 9.08. The fraction of sp³-hybridized carbons (Fsp3) is 0. The Morgan fingerprint density at radius 1 is 1.00 bits per heavy atom. The summed E-state index contributed by atoms with van der Waals surface area (Å²) in [6.07, 6.45) is 1.51. The highest BCUT2D eigenvalue weighted by molar-refractivity contribution is 6.36. The quantitative estimate of drug-likeness (QED) is 0.228. The predicted molar refractivity (Wildman–Crippen MR) is 122 cm³/mol. The van der Waals surface area contributed by atoms with Gasteiger partial charge < -0.3 is 0 Å². The summed E-state index contributed by atoms with van der Waals surface area (Å²) in [5.41, 5.74) is 5.01. The van der Waals surface area contributed by atoms with E-state index in [2.05, 4.69) is 10.5 Å². The average molecular weight is 453 g/mol. The number of hydrazone groups is 1. The molecular weight excluding hydrogens is 439 g/mol. The van der Waals surface area contributed by atoms with Gasteiger partial charge in [0.05, 0.1) is 22.3 Å². The summed E-state index contributed by atoms with van der Waals surface area (Å²) >= 11 is 12.5. The van der Waals surface area contributed by atoms with Crippen molar-refractivity contribution in [1.82, 2.24) is 4.57 Å². The summed E-state index contributed by atoms with van der Waals surface area (Å²) in [6.45, 7) is 0. The van der Waals surface area contributed by atoms with Gasteiger partial charge in [0.25, 0.3) is 11.6 Å². The number of nitro groups is 1. The lowest BCUT2D eigenvalue weighted by atomic mass is 10.2. The number of para-hydroxylation sites is 1. The molecule has 154 valence electrons. The molecule has 0 radical (unpaired) electrons. The van der Waals surface area contributed by atoms with Crippen molar-refractivity contribution in [3.8, 4) is 0 Å². The Bertz CT molecular complexity index is 1310. The van der Waals surface area contributed by atoms with E-state index >= 15 is 0 Å². The molecule has 9 heteroatoms. The fourth-order valence-corrected chi connectivity index (χ4v) is 3.55. The number of aromatic nitrogens is 1. The summed E-state index contributed by atoms with van der Waals surface area (Å²) in [4.78, 5) is 23.4. The Hall–Kier alpha value is -3.68. The number of fused-ring (bicyclic) bond motifs is 1. The van der Waals surface area contributed by atoms with Gasteiger partial charge in [0.15, 0.2) is 0 Å². The largest absolute Gasteiger partial charge is 0.278 e. The minimum absolute atomic E-state index is 0.0126. The van der Waals surface area contributed by atoms with Gasteiger partial charge in [-0.05, 0) is 42.5 Å². The molecule has 0 fully saturated rings. The summed E-state index contributed by atoms with van der Waals surface area (Å²) in [7, 11) is 0. The van der Waals surface area contributed by atoms with Crippen LogP contribution in [0.25, 0.3) is 10.9 Å². The summed E-state index contributed by atoms with van der Waals surface area (Å²) in [5, 5.41) is 16.4. The van der Waals surface area contributed by atoms with E-state index in [0.29, 0.717) is 27.4 Å². The molecule has 0 spiro atoms. The third kappa shape index (κ3) is 4.14. The van der Waals surface area contributed by atoms with Crippen molar-refractivity contribution in [1.29, 1.82) is 0 Å². The number of benzene rings is 3. The maximum Gasteiger partial charge on any atom is 0.269 e. The summed E-state index contributed by atoms with van der Waals surface area (Å²) in [5.74, 6) is -0.291. The molecule has 0 aliphatic heterocycles. The van der Waals surface area contributed by atoms with Gasteiger partial charge in [0.1, 0.15) is 5.15 Å². The van der Waals surface area contributed by atoms with E-state index in [9.17, 15) is 14.9 Å². The van der Waals surface area contributed by atoms with Gasteiger partial charge >= 0.3 is 0 Å². The molecule has 0 atom stereocenters. The van der Waals surface area contributed by atoms with Crippen LogP contribution in [-0.4, -0.2) is 21.6 Å². The number of halogens is 2. The highest BCUT2D eigenvalue weighted by atomic mass is 35.5. The molecule has 0 saturated carbocycles. The first kappa shape index (κ1) is 20.6. The predicted octanol–water partition coefficient (Wildman–Crippen LogP) is 5.99. The molecule has 0 aliphatic carbocycles. The number of carbonyl (C=O) groups excluding carboxylic acids is 1. The molecule has 1 heterocycles. The van der Waals surface area contributed by atoms with Crippen LogP contribution >= 0.6 is 23.2 Å². The Labute approximate surface area is 186 Å². The molecule has 1 N–H and O–H groups in total. The Morgan fingerprint density at radius 3 is 2.35 bits per heavy atom. The summed E-state index contributed by atoms with van der Waals surface area (Å²) < 4.78 is 1.42. The lowest BCUT2D eigenvalue weighted by molar-refractivity contribution is -0.384. The number of hydrogen-bond acceptors (Lipinski definition) is 5. The van der Waals surface area contributed by atoms with Crippen LogP contribution < -0.4 is 5.43 Å². The van der Waals surface area contributed by atoms with Crippen LogP contribution in [0.1, 0.15) is 15.9 Å². The van der Waals surface area contributed by atoms with E-state index in [0.717, 1.165) is 5.39 Å². The van der Waals surface area contributed by atoms with Crippen molar-refractivity contribution in [2.45, 2.75) is 0 Å². The SMILES string of the molecule is O=C(c1ccc(Cl)cc1)n1c(Cl)c(C=NNc2ccc([N+](=O)[O-])cc2)c2ccccc21. The molecule has 0 aliphatic rings. The fourth-order valence-electron chi connectivity index (χ4n) is 3.11. The zero-order valence-electron chi connectivity index (χ0n) is 15.8. The Balaban J connectivity index is 1.67. The van der Waals surface area contributed by atoms with Gasteiger partial charge in [0.2, 0.25) is 0 Å². The molecule has 1 aromatic heterocycles. The smallest absolute Gasteiger partial charge is 0.269 e. The Morgan fingerprint density at radius 2 is 1.68 bits per heavy atom. The molecule has 0 bridgehead atoms. The standard InChI is InChI=1S/C22H14Cl2N4O3/c23-15-7-5-14(6-8-15)22(29)27-20-4-2-1-3-18(20)19(21(27)24)13-25-26-16-9-11-17(12-10-16)28(30)31/h1-13,26H. The second kappa shape index (κ2) is 8.59. The lowest BCUT2D eigenvalue weighted by Crippen LogP contribution is -2.12. The van der Waals surface area contributed by atoms with E-state index in [1.165, 1.54) is 22.9 Å². The minimum Gasteiger partial charge on any atom is -0.278 e. The molecule has 0 amide bonds. The Kier molecular flexibility index (Phi) is 5.70. The average Bonchev–Trinajstić information content (AvgIpc) is 3.05. The molecule has 3 aromatic carbocycles. The van der Waals surface area contributed by atoms with Crippen LogP contribution in [0.15, 0.2) is 77.9 Å². The molecule has 0 unspecified atom stereocenters. The molecule has 0 saturated heterocycles. The number of nitrogens with one attached hydrogen (secondary N) is 1. The first-order chi connectivity index (χ1) is 15.0. The van der Waals surface area contributed by atoms with E-state index in [1.807, 2.05) is 18.2 Å². The van der Waals surface area contributed by atoms with Gasteiger partial charge in [-0.1, -0.05) is 41.4 Å². The molecule has 4 aromatic rings. The van der Waals surface area contributed by atoms with Crippen molar-refractivity contribution < 1.29 is 9.72 Å². The molecule has 4 rings (SSSR count). The second-order valence-corrected chi connectivity index (χ2v) is 7.34. The van der Waals surface area contributed by atoms with E-state index in [-0.39, 0.29) is 16.7 Å². The summed E-state index contributed by atoms with van der Waals surface area (Å²) in [6, 6.07) is 19.7. The monoisotopic (exact) mass is 452 g/mol. The first-order valence-corrected chi connectivity index (χ1v) is 9.84. The van der Waals surface area contributed by atoms with Gasteiger partial charge in [-0.15, -0.1) is 0 Å². The zero-order valence-corrected chi connectivity index (χ0v) is 17.3. The third-order valence-corrected chi connectivity index (χ3v) is 5.24. The van der Waals surface area contributed by atoms with Crippen molar-refractivity contribution in [3.63, 3.8) is 0 Å². The van der Waals surface area contributed by atoms with E-state index < -0.39 is 4.92 Å². The number of nitrogens with zero attached hydrogens (tertiary/aromatic N) is 3. The van der Waals surface area contributed by atoms with Crippen molar-refractivity contribution in [3.05, 3.63) is 104 Å². The lowest BCUT2D eigenvalue weighted by Gasteiger charge is -2.06. The van der Waals surface area contributed by atoms with Crippen molar-refractivity contribution >= 4 is 57.6 Å². The van der Waals surface area contributed by atoms with Crippen LogP contribution in [0, 0.1) is 10.1 Å². The van der Waals surface area contributed by atoms with Crippen molar-refractivity contribution in [2.75, 3.05) is 5.43 Å². The van der Waals surface area contributed by atoms with E-state index in [1.54, 1.807) is 42.5 Å². The van der Waals surface area contributed by atoms with Crippen LogP contribution in [0.2, 0.25) is 10.2 Å². The van der Waals surface area contributed by atoms with Crippen LogP contribution in [-0.2, 0) is 0 Å². The highest BCUT2D eigenvalue weighted by Crippen LogP contribution is 2.30. The second-order valence-electron chi connectivity index (χ2n) is 6.54. The topological polar surface area (TPSA) is 89.5 Å². The van der Waals surface area contributed by atoms with Gasteiger partial charge in [-0.2, -0.15) is 5.10 Å². The van der Waals surface area contributed by atoms with Crippen molar-refractivity contribution in [2.24, 2.45) is 5.10 Å². The number of anilines is 1. The van der Waals surface area contributed by atoms with Crippen LogP contribution in [0.4, 0.5) is 11.4 Å². The maximum atomic E-state index is 13.1.